The van der Waals surface area contributed by atoms with Gasteiger partial charge in [-0.2, -0.15) is 15.4 Å². The Balaban J connectivity index is 1.96. The van der Waals surface area contributed by atoms with Gasteiger partial charge in [0, 0.05) is 6.54 Å². The minimum atomic E-state index is 0.796. The Morgan fingerprint density at radius 1 is 1.54 bits per heavy atom. The highest BCUT2D eigenvalue weighted by atomic mass is 15.3. The van der Waals surface area contributed by atoms with Crippen LogP contribution in [-0.4, -0.2) is 47.5 Å². The monoisotopic (exact) mass is 183 g/mol. The molecule has 5 heteroatoms. The van der Waals surface area contributed by atoms with Crippen molar-refractivity contribution < 1.29 is 0 Å². The van der Waals surface area contributed by atoms with Crippen LogP contribution >= 0.6 is 0 Å². The predicted molar refractivity (Wildman–Crippen MR) is 51.3 cm³/mol. The standard InChI is InChI=1S/C8H17N5/c1-13(2)5-3-4-9-6-8-7-10-12-11-8/h7,9H,3-6H2,1-2H3,(H,10,11,12). The third-order valence-corrected chi connectivity index (χ3v) is 1.73. The summed E-state index contributed by atoms with van der Waals surface area (Å²) in [7, 11) is 4.16. The number of nitrogens with one attached hydrogen (secondary N) is 2. The van der Waals surface area contributed by atoms with Crippen LogP contribution in [0.4, 0.5) is 0 Å². The number of rotatable bonds is 6. The molecule has 1 rings (SSSR count). The molecule has 0 spiro atoms. The molecule has 0 amide bonds. The zero-order valence-electron chi connectivity index (χ0n) is 8.25. The summed E-state index contributed by atoms with van der Waals surface area (Å²) in [6, 6.07) is 0. The summed E-state index contributed by atoms with van der Waals surface area (Å²) in [6.07, 6.45) is 2.89. The van der Waals surface area contributed by atoms with Crippen molar-refractivity contribution in [1.29, 1.82) is 0 Å². The number of nitrogens with zero attached hydrogens (tertiary/aromatic N) is 3. The molecule has 1 aromatic rings. The highest BCUT2D eigenvalue weighted by Crippen LogP contribution is 1.87. The van der Waals surface area contributed by atoms with Gasteiger partial charge in [-0.25, -0.2) is 0 Å². The normalized spacial score (nSPS) is 11.0. The Labute approximate surface area is 78.5 Å². The lowest BCUT2D eigenvalue weighted by atomic mass is 10.4. The van der Waals surface area contributed by atoms with Crippen LogP contribution in [0.5, 0.6) is 0 Å². The van der Waals surface area contributed by atoms with Crippen LogP contribution < -0.4 is 5.32 Å². The summed E-state index contributed by atoms with van der Waals surface area (Å²) >= 11 is 0. The Kier molecular flexibility index (Phi) is 4.42. The molecular weight excluding hydrogens is 166 g/mol. The molecule has 0 aliphatic heterocycles. The number of hydrogen-bond donors (Lipinski definition) is 2. The van der Waals surface area contributed by atoms with E-state index in [1.165, 1.54) is 0 Å². The van der Waals surface area contributed by atoms with E-state index < -0.39 is 0 Å². The first-order chi connectivity index (χ1) is 6.29. The van der Waals surface area contributed by atoms with Crippen LogP contribution in [0.1, 0.15) is 12.1 Å². The highest BCUT2D eigenvalue weighted by Gasteiger charge is 1.94. The highest BCUT2D eigenvalue weighted by molar-refractivity contribution is 4.88. The van der Waals surface area contributed by atoms with E-state index in [1.54, 1.807) is 6.20 Å². The second-order valence-corrected chi connectivity index (χ2v) is 3.29. The Morgan fingerprint density at radius 2 is 2.38 bits per heavy atom. The molecule has 0 bridgehead atoms. The van der Waals surface area contributed by atoms with Crippen molar-refractivity contribution in [3.8, 4) is 0 Å². The second-order valence-electron chi connectivity index (χ2n) is 3.29. The Bertz CT molecular complexity index is 206. The van der Waals surface area contributed by atoms with Crippen molar-refractivity contribution in [2.75, 3.05) is 27.2 Å². The zero-order valence-corrected chi connectivity index (χ0v) is 8.25. The van der Waals surface area contributed by atoms with Crippen molar-refractivity contribution in [3.63, 3.8) is 0 Å². The fourth-order valence-electron chi connectivity index (χ4n) is 1.05. The molecule has 0 saturated carbocycles. The predicted octanol–water partition coefficient (Wildman–Crippen LogP) is -0.154. The minimum absolute atomic E-state index is 0.796. The molecule has 0 aliphatic carbocycles. The molecule has 74 valence electrons. The average molecular weight is 183 g/mol. The van der Waals surface area contributed by atoms with Crippen molar-refractivity contribution >= 4 is 0 Å². The lowest BCUT2D eigenvalue weighted by molar-refractivity contribution is 0.394. The topological polar surface area (TPSA) is 56.8 Å². The fourth-order valence-corrected chi connectivity index (χ4v) is 1.05. The van der Waals surface area contributed by atoms with Crippen molar-refractivity contribution in [3.05, 3.63) is 11.9 Å². The summed E-state index contributed by atoms with van der Waals surface area (Å²) in [4.78, 5) is 2.18. The molecular formula is C8H17N5. The number of aromatic nitrogens is 3. The SMILES string of the molecule is CN(C)CCCNCc1cn[nH]n1. The molecule has 1 heterocycles. The Morgan fingerprint density at radius 3 is 3.00 bits per heavy atom. The van der Waals surface area contributed by atoms with Crippen molar-refractivity contribution in [1.82, 2.24) is 25.6 Å². The number of H-pyrrole nitrogens is 1. The van der Waals surface area contributed by atoms with Gasteiger partial charge in [0.15, 0.2) is 0 Å². The summed E-state index contributed by atoms with van der Waals surface area (Å²) < 4.78 is 0. The third kappa shape index (κ3) is 4.59. The quantitative estimate of drug-likeness (QED) is 0.602. The molecule has 5 nitrogen and oxygen atoms in total. The molecule has 0 fully saturated rings. The molecule has 2 N–H and O–H groups in total. The Hall–Kier alpha value is -0.940. The molecule has 1 aromatic heterocycles. The van der Waals surface area contributed by atoms with E-state index in [0.29, 0.717) is 0 Å². The summed E-state index contributed by atoms with van der Waals surface area (Å²) in [5, 5.41) is 13.5. The van der Waals surface area contributed by atoms with Gasteiger partial charge < -0.3 is 10.2 Å². The van der Waals surface area contributed by atoms with Gasteiger partial charge in [0.2, 0.25) is 0 Å². The minimum Gasteiger partial charge on any atom is -0.311 e. The second kappa shape index (κ2) is 5.66. The van der Waals surface area contributed by atoms with Gasteiger partial charge in [0.05, 0.1) is 11.9 Å². The third-order valence-electron chi connectivity index (χ3n) is 1.73. The van der Waals surface area contributed by atoms with Gasteiger partial charge in [-0.1, -0.05) is 0 Å². The van der Waals surface area contributed by atoms with Gasteiger partial charge in [-0.05, 0) is 33.6 Å². The van der Waals surface area contributed by atoms with Gasteiger partial charge in [-0.3, -0.25) is 0 Å². The molecule has 13 heavy (non-hydrogen) atoms. The van der Waals surface area contributed by atoms with Gasteiger partial charge >= 0.3 is 0 Å². The van der Waals surface area contributed by atoms with E-state index in [4.69, 9.17) is 0 Å². The largest absolute Gasteiger partial charge is 0.311 e. The summed E-state index contributed by atoms with van der Waals surface area (Å²) in [5.74, 6) is 0. The number of hydrogen-bond acceptors (Lipinski definition) is 4. The van der Waals surface area contributed by atoms with Crippen LogP contribution in [0, 0.1) is 0 Å². The van der Waals surface area contributed by atoms with E-state index in [0.717, 1.165) is 31.7 Å². The van der Waals surface area contributed by atoms with E-state index in [2.05, 4.69) is 39.7 Å². The molecule has 0 aliphatic rings. The van der Waals surface area contributed by atoms with E-state index in [9.17, 15) is 0 Å². The first kappa shape index (κ1) is 10.1. The maximum atomic E-state index is 3.94. The van der Waals surface area contributed by atoms with E-state index >= 15 is 0 Å². The van der Waals surface area contributed by atoms with Crippen molar-refractivity contribution in [2.24, 2.45) is 0 Å². The lowest BCUT2D eigenvalue weighted by Gasteiger charge is -2.08. The van der Waals surface area contributed by atoms with Crippen LogP contribution in [0.2, 0.25) is 0 Å². The van der Waals surface area contributed by atoms with Crippen molar-refractivity contribution in [2.45, 2.75) is 13.0 Å². The zero-order chi connectivity index (χ0) is 9.52. The van der Waals surface area contributed by atoms with E-state index in [1.807, 2.05) is 0 Å². The first-order valence-electron chi connectivity index (χ1n) is 4.49. The van der Waals surface area contributed by atoms with Crippen LogP contribution in [-0.2, 0) is 6.54 Å². The molecule has 0 aromatic carbocycles. The smallest absolute Gasteiger partial charge is 0.0962 e. The maximum absolute atomic E-state index is 3.94. The molecule has 0 saturated heterocycles. The van der Waals surface area contributed by atoms with Gasteiger partial charge in [0.1, 0.15) is 0 Å². The van der Waals surface area contributed by atoms with E-state index in [-0.39, 0.29) is 0 Å². The molecule has 0 radical (unpaired) electrons. The van der Waals surface area contributed by atoms with Gasteiger partial charge in [-0.15, -0.1) is 0 Å². The molecule has 0 atom stereocenters. The van der Waals surface area contributed by atoms with Crippen LogP contribution in [0.3, 0.4) is 0 Å². The first-order valence-corrected chi connectivity index (χ1v) is 4.49. The summed E-state index contributed by atoms with van der Waals surface area (Å²) in [6.45, 7) is 2.93. The van der Waals surface area contributed by atoms with Crippen LogP contribution in [0.25, 0.3) is 0 Å². The maximum Gasteiger partial charge on any atom is 0.0962 e. The molecule has 0 unspecified atom stereocenters. The lowest BCUT2D eigenvalue weighted by Crippen LogP contribution is -2.21. The van der Waals surface area contributed by atoms with Crippen LogP contribution in [0.15, 0.2) is 6.20 Å². The number of aromatic amines is 1. The van der Waals surface area contributed by atoms with Gasteiger partial charge in [0.25, 0.3) is 0 Å². The summed E-state index contributed by atoms with van der Waals surface area (Å²) in [5.41, 5.74) is 0.963. The fraction of sp³-hybridized carbons (Fsp3) is 0.750. The average Bonchev–Trinajstić information content (AvgIpc) is 2.55.